The van der Waals surface area contributed by atoms with Crippen LogP contribution in [0.3, 0.4) is 0 Å². The number of alkyl halides is 1. The number of benzene rings is 1. The van der Waals surface area contributed by atoms with Gasteiger partial charge in [0.1, 0.15) is 5.75 Å². The van der Waals surface area contributed by atoms with Crippen LogP contribution < -0.4 is 15.4 Å². The van der Waals surface area contributed by atoms with E-state index in [1.54, 1.807) is 18.2 Å². The fourth-order valence-corrected chi connectivity index (χ4v) is 1.50. The Hall–Kier alpha value is -1.56. The Morgan fingerprint density at radius 3 is 3.12 bits per heavy atom. The summed E-state index contributed by atoms with van der Waals surface area (Å²) in [5, 5.41) is 5.56. The molecule has 0 spiro atoms. The van der Waals surface area contributed by atoms with E-state index in [4.69, 9.17) is 4.74 Å². The second-order valence-corrected chi connectivity index (χ2v) is 3.79. The molecule has 0 saturated heterocycles. The minimum atomic E-state index is -0.198. The number of ether oxygens (including phenoxy) is 1. The predicted octanol–water partition coefficient (Wildman–Crippen LogP) is 1.35. The van der Waals surface area contributed by atoms with Gasteiger partial charge in [-0.15, -0.1) is 0 Å². The van der Waals surface area contributed by atoms with Crippen LogP contribution >= 0.6 is 15.9 Å². The van der Waals surface area contributed by atoms with Crippen molar-refractivity contribution in [1.29, 1.82) is 0 Å². The van der Waals surface area contributed by atoms with Crippen molar-refractivity contribution in [2.75, 3.05) is 22.6 Å². The van der Waals surface area contributed by atoms with Crippen molar-refractivity contribution in [3.63, 3.8) is 0 Å². The van der Waals surface area contributed by atoms with E-state index in [0.29, 0.717) is 17.1 Å². The van der Waals surface area contributed by atoms with E-state index in [9.17, 15) is 9.59 Å². The Balaban J connectivity index is 2.21. The lowest BCUT2D eigenvalue weighted by Crippen LogP contribution is -2.25. The van der Waals surface area contributed by atoms with Gasteiger partial charge in [-0.1, -0.05) is 15.9 Å². The molecule has 1 aromatic rings. The van der Waals surface area contributed by atoms with Gasteiger partial charge in [-0.05, 0) is 18.2 Å². The third-order valence-electron chi connectivity index (χ3n) is 2.02. The first-order chi connectivity index (χ1) is 7.69. The second kappa shape index (κ2) is 4.52. The SMILES string of the molecule is O=C(CBr)Nc1ccc2c(c1)NC(=O)CO2. The van der Waals surface area contributed by atoms with Crippen molar-refractivity contribution in [2.24, 2.45) is 0 Å². The molecule has 2 rings (SSSR count). The van der Waals surface area contributed by atoms with Crippen LogP contribution in [0.15, 0.2) is 18.2 Å². The van der Waals surface area contributed by atoms with Crippen LogP contribution in [0.25, 0.3) is 0 Å². The van der Waals surface area contributed by atoms with Crippen molar-refractivity contribution in [3.8, 4) is 5.75 Å². The first-order valence-electron chi connectivity index (χ1n) is 4.61. The number of rotatable bonds is 2. The van der Waals surface area contributed by atoms with Gasteiger partial charge < -0.3 is 15.4 Å². The van der Waals surface area contributed by atoms with Gasteiger partial charge in [0.15, 0.2) is 6.61 Å². The smallest absolute Gasteiger partial charge is 0.262 e. The summed E-state index contributed by atoms with van der Waals surface area (Å²) in [7, 11) is 0. The predicted molar refractivity (Wildman–Crippen MR) is 63.0 cm³/mol. The number of anilines is 2. The molecule has 0 aromatic heterocycles. The highest BCUT2D eigenvalue weighted by atomic mass is 79.9. The quantitative estimate of drug-likeness (QED) is 0.806. The number of hydrogen-bond acceptors (Lipinski definition) is 3. The maximum absolute atomic E-state index is 11.1. The van der Waals surface area contributed by atoms with E-state index in [2.05, 4.69) is 26.6 Å². The van der Waals surface area contributed by atoms with Crippen molar-refractivity contribution < 1.29 is 14.3 Å². The van der Waals surface area contributed by atoms with Crippen molar-refractivity contribution >= 4 is 39.1 Å². The van der Waals surface area contributed by atoms with Crippen LogP contribution in [-0.4, -0.2) is 23.8 Å². The number of amides is 2. The fourth-order valence-electron chi connectivity index (χ4n) is 1.36. The van der Waals surface area contributed by atoms with Gasteiger partial charge >= 0.3 is 0 Å². The molecule has 0 bridgehead atoms. The molecule has 1 aromatic carbocycles. The van der Waals surface area contributed by atoms with Crippen molar-refractivity contribution in [3.05, 3.63) is 18.2 Å². The molecule has 6 heteroatoms. The van der Waals surface area contributed by atoms with Crippen molar-refractivity contribution in [2.45, 2.75) is 0 Å². The summed E-state index contributed by atoms with van der Waals surface area (Å²) in [6, 6.07) is 5.09. The Morgan fingerprint density at radius 1 is 1.56 bits per heavy atom. The summed E-state index contributed by atoms with van der Waals surface area (Å²) >= 11 is 3.05. The minimum absolute atomic E-state index is 0.0279. The third-order valence-corrected chi connectivity index (χ3v) is 2.53. The Kier molecular flexibility index (Phi) is 3.09. The second-order valence-electron chi connectivity index (χ2n) is 3.23. The van der Waals surface area contributed by atoms with Crippen LogP contribution in [0.1, 0.15) is 0 Å². The topological polar surface area (TPSA) is 67.4 Å². The van der Waals surface area contributed by atoms with Crippen molar-refractivity contribution in [1.82, 2.24) is 0 Å². The molecule has 0 radical (unpaired) electrons. The Morgan fingerprint density at radius 2 is 2.38 bits per heavy atom. The zero-order valence-electron chi connectivity index (χ0n) is 8.25. The van der Waals surface area contributed by atoms with E-state index in [1.807, 2.05) is 0 Å². The van der Waals surface area contributed by atoms with Crippen LogP contribution in [0.5, 0.6) is 5.75 Å². The van der Waals surface area contributed by atoms with E-state index in [1.165, 1.54) is 0 Å². The van der Waals surface area contributed by atoms with Gasteiger partial charge in [-0.25, -0.2) is 0 Å². The molecule has 0 atom stereocenters. The summed E-state index contributed by atoms with van der Waals surface area (Å²) < 4.78 is 5.19. The zero-order chi connectivity index (χ0) is 11.5. The maximum Gasteiger partial charge on any atom is 0.262 e. The van der Waals surface area contributed by atoms with Gasteiger partial charge in [0.25, 0.3) is 5.91 Å². The monoisotopic (exact) mass is 284 g/mol. The zero-order valence-corrected chi connectivity index (χ0v) is 9.83. The summed E-state index contributed by atoms with van der Waals surface area (Å²) in [6.45, 7) is 0.0279. The highest BCUT2D eigenvalue weighted by molar-refractivity contribution is 9.09. The third kappa shape index (κ3) is 2.33. The number of fused-ring (bicyclic) bond motifs is 1. The molecule has 0 unspecified atom stereocenters. The van der Waals surface area contributed by atoms with Gasteiger partial charge in [-0.3, -0.25) is 9.59 Å². The highest BCUT2D eigenvalue weighted by Crippen LogP contribution is 2.30. The van der Waals surface area contributed by atoms with Gasteiger partial charge in [0, 0.05) is 5.69 Å². The molecule has 0 aliphatic carbocycles. The minimum Gasteiger partial charge on any atom is -0.482 e. The molecule has 0 saturated carbocycles. The van der Waals surface area contributed by atoms with E-state index in [0.717, 1.165) is 0 Å². The fraction of sp³-hybridized carbons (Fsp3) is 0.200. The summed E-state index contributed by atoms with van der Waals surface area (Å²) in [6.07, 6.45) is 0. The largest absolute Gasteiger partial charge is 0.482 e. The molecular formula is C10H9BrN2O3. The normalized spacial score (nSPS) is 13.4. The summed E-state index contributed by atoms with van der Waals surface area (Å²) in [5.41, 5.74) is 1.19. The highest BCUT2D eigenvalue weighted by Gasteiger charge is 2.16. The first kappa shape index (κ1) is 10.9. The first-order valence-corrected chi connectivity index (χ1v) is 5.73. The summed E-state index contributed by atoms with van der Waals surface area (Å²) in [5.74, 6) is 0.260. The van der Waals surface area contributed by atoms with Gasteiger partial charge in [0.2, 0.25) is 5.91 Å². The average molecular weight is 285 g/mol. The number of carbonyl (C=O) groups is 2. The molecule has 16 heavy (non-hydrogen) atoms. The molecular weight excluding hydrogens is 276 g/mol. The van der Waals surface area contributed by atoms with Gasteiger partial charge in [0.05, 0.1) is 11.0 Å². The molecule has 1 heterocycles. The lowest BCUT2D eigenvalue weighted by atomic mass is 10.2. The molecule has 1 aliphatic rings. The van der Waals surface area contributed by atoms with Crippen LogP contribution in [0.4, 0.5) is 11.4 Å². The molecule has 0 fully saturated rings. The lowest BCUT2D eigenvalue weighted by molar-refractivity contribution is -0.118. The molecule has 84 valence electrons. The van der Waals surface area contributed by atoms with E-state index < -0.39 is 0 Å². The Labute approximate surface area is 100 Å². The number of carbonyl (C=O) groups excluding carboxylic acids is 2. The molecule has 5 nitrogen and oxygen atoms in total. The van der Waals surface area contributed by atoms with Crippen LogP contribution in [0.2, 0.25) is 0 Å². The standard InChI is InChI=1S/C10H9BrN2O3/c11-4-9(14)12-6-1-2-8-7(3-6)13-10(15)5-16-8/h1-3H,4-5H2,(H,12,14)(H,13,15). The Bertz CT molecular complexity index is 448. The summed E-state index contributed by atoms with van der Waals surface area (Å²) in [4.78, 5) is 22.2. The molecule has 1 aliphatic heterocycles. The number of nitrogens with one attached hydrogen (secondary N) is 2. The van der Waals surface area contributed by atoms with Gasteiger partial charge in [-0.2, -0.15) is 0 Å². The van der Waals surface area contributed by atoms with Crippen LogP contribution in [-0.2, 0) is 9.59 Å². The number of hydrogen-bond donors (Lipinski definition) is 2. The maximum atomic E-state index is 11.1. The molecule has 2 amide bonds. The van der Waals surface area contributed by atoms with Crippen LogP contribution in [0, 0.1) is 0 Å². The number of halogens is 1. The average Bonchev–Trinajstić information content (AvgIpc) is 2.28. The molecule has 2 N–H and O–H groups in total. The van der Waals surface area contributed by atoms with E-state index >= 15 is 0 Å². The van der Waals surface area contributed by atoms with E-state index in [-0.39, 0.29) is 23.8 Å². The lowest BCUT2D eigenvalue weighted by Gasteiger charge is -2.18.